The first kappa shape index (κ1) is 15.2. The second kappa shape index (κ2) is 6.03. The lowest BCUT2D eigenvalue weighted by atomic mass is 10.2. The maximum Gasteiger partial charge on any atom is 0.240 e. The summed E-state index contributed by atoms with van der Waals surface area (Å²) in [5.74, 6) is -0.418. The van der Waals surface area contributed by atoms with Crippen molar-refractivity contribution in [3.8, 4) is 0 Å². The van der Waals surface area contributed by atoms with Crippen LogP contribution < -0.4 is 5.32 Å². The molecule has 0 saturated carbocycles. The van der Waals surface area contributed by atoms with Gasteiger partial charge in [-0.25, -0.2) is 8.42 Å². The van der Waals surface area contributed by atoms with E-state index < -0.39 is 20.5 Å². The fraction of sp³-hybridized carbons (Fsp3) is 0.889. The molecule has 0 aromatic carbocycles. The molecule has 0 radical (unpaired) electrons. The fourth-order valence-corrected chi connectivity index (χ4v) is 1.75. The zero-order chi connectivity index (χ0) is 12.1. The second-order valence-corrected chi connectivity index (χ2v) is 7.58. The monoisotopic (exact) mass is 347 g/mol. The Balaban J connectivity index is 4.22. The van der Waals surface area contributed by atoms with Crippen molar-refractivity contribution in [3.05, 3.63) is 0 Å². The number of sulfone groups is 1. The molecule has 4 nitrogen and oxygen atoms in total. The van der Waals surface area contributed by atoms with Crippen LogP contribution in [0.5, 0.6) is 0 Å². The number of halogens is 1. The maximum absolute atomic E-state index is 11.6. The predicted molar refractivity (Wildman–Crippen MR) is 70.1 cm³/mol. The van der Waals surface area contributed by atoms with Gasteiger partial charge >= 0.3 is 0 Å². The normalized spacial score (nSPS) is 12.5. The smallest absolute Gasteiger partial charge is 0.240 e. The highest BCUT2D eigenvalue weighted by atomic mass is 127. The highest BCUT2D eigenvalue weighted by Crippen LogP contribution is 2.14. The summed E-state index contributed by atoms with van der Waals surface area (Å²) >= 11 is 2.26. The third-order valence-electron chi connectivity index (χ3n) is 2.32. The van der Waals surface area contributed by atoms with Crippen LogP contribution in [0, 0.1) is 0 Å². The summed E-state index contributed by atoms with van der Waals surface area (Å²) in [7, 11) is -3.36. The summed E-state index contributed by atoms with van der Waals surface area (Å²) in [5, 5.41) is 2.64. The molecule has 0 spiro atoms. The average Bonchev–Trinajstić information content (AvgIpc) is 2.10. The first-order valence-corrected chi connectivity index (χ1v) is 8.19. The molecule has 6 heteroatoms. The highest BCUT2D eigenvalue weighted by Gasteiger charge is 2.37. The summed E-state index contributed by atoms with van der Waals surface area (Å²) in [6.07, 6.45) is 2.99. The number of hydrogen-bond acceptors (Lipinski definition) is 3. The van der Waals surface area contributed by atoms with Gasteiger partial charge in [0.2, 0.25) is 5.91 Å². The molecule has 0 fully saturated rings. The summed E-state index contributed by atoms with van der Waals surface area (Å²) in [6, 6.07) is 0. The van der Waals surface area contributed by atoms with Crippen molar-refractivity contribution in [2.45, 2.75) is 31.4 Å². The number of unbranched alkanes of at least 4 members (excludes halogenated alkanes) is 1. The Morgan fingerprint density at radius 3 is 2.27 bits per heavy atom. The molecule has 0 aliphatic carbocycles. The van der Waals surface area contributed by atoms with Gasteiger partial charge in [-0.1, -0.05) is 22.6 Å². The average molecular weight is 347 g/mol. The lowest BCUT2D eigenvalue weighted by Crippen LogP contribution is -2.47. The van der Waals surface area contributed by atoms with Gasteiger partial charge in [0.05, 0.1) is 0 Å². The van der Waals surface area contributed by atoms with Gasteiger partial charge in [-0.05, 0) is 31.1 Å². The summed E-state index contributed by atoms with van der Waals surface area (Å²) in [5.41, 5.74) is 0. The molecule has 0 aromatic heterocycles. The van der Waals surface area contributed by atoms with Crippen molar-refractivity contribution < 1.29 is 13.2 Å². The van der Waals surface area contributed by atoms with Gasteiger partial charge in [-0.3, -0.25) is 4.79 Å². The van der Waals surface area contributed by atoms with E-state index in [9.17, 15) is 13.2 Å². The van der Waals surface area contributed by atoms with Gasteiger partial charge in [-0.15, -0.1) is 0 Å². The SMILES string of the molecule is CC(C)(C(=O)NCCCCI)S(C)(=O)=O. The molecule has 15 heavy (non-hydrogen) atoms. The van der Waals surface area contributed by atoms with Crippen LogP contribution in [0.3, 0.4) is 0 Å². The predicted octanol–water partition coefficient (Wildman–Crippen LogP) is 1.14. The van der Waals surface area contributed by atoms with E-state index in [4.69, 9.17) is 0 Å². The van der Waals surface area contributed by atoms with Crippen LogP contribution in [0.1, 0.15) is 26.7 Å². The molecule has 0 aromatic rings. The third kappa shape index (κ3) is 4.67. The number of rotatable bonds is 6. The standard InChI is InChI=1S/C9H18INO3S/c1-9(2,15(3,13)14)8(12)11-7-5-4-6-10/h4-7H2,1-3H3,(H,11,12). The number of alkyl halides is 1. The fourth-order valence-electron chi connectivity index (χ4n) is 0.803. The molecule has 0 rings (SSSR count). The molecule has 0 atom stereocenters. The molecule has 0 saturated heterocycles. The Bertz CT molecular complexity index is 311. The second-order valence-electron chi connectivity index (χ2n) is 3.93. The van der Waals surface area contributed by atoms with Crippen molar-refractivity contribution in [1.29, 1.82) is 0 Å². The zero-order valence-corrected chi connectivity index (χ0v) is 12.3. The Morgan fingerprint density at radius 2 is 1.87 bits per heavy atom. The molecule has 0 aliphatic heterocycles. The lowest BCUT2D eigenvalue weighted by Gasteiger charge is -2.21. The largest absolute Gasteiger partial charge is 0.355 e. The summed E-state index contributed by atoms with van der Waals surface area (Å²) < 4.78 is 22.4. The van der Waals surface area contributed by atoms with Crippen LogP contribution in [0.25, 0.3) is 0 Å². The van der Waals surface area contributed by atoms with E-state index in [1.54, 1.807) is 0 Å². The number of hydrogen-bond donors (Lipinski definition) is 1. The van der Waals surface area contributed by atoms with Crippen LogP contribution in [-0.4, -0.2) is 36.3 Å². The van der Waals surface area contributed by atoms with Gasteiger partial charge < -0.3 is 5.32 Å². The molecule has 0 bridgehead atoms. The molecule has 0 unspecified atom stereocenters. The Kier molecular flexibility index (Phi) is 6.09. The van der Waals surface area contributed by atoms with Gasteiger partial charge in [0.15, 0.2) is 9.84 Å². The molecule has 0 heterocycles. The minimum atomic E-state index is -3.36. The first-order chi connectivity index (χ1) is 6.73. The Hall–Kier alpha value is 0.150. The number of carbonyl (C=O) groups is 1. The highest BCUT2D eigenvalue weighted by molar-refractivity contribution is 14.1. The van der Waals surface area contributed by atoms with Crippen molar-refractivity contribution in [3.63, 3.8) is 0 Å². The van der Waals surface area contributed by atoms with Gasteiger partial charge in [0, 0.05) is 12.8 Å². The summed E-state index contributed by atoms with van der Waals surface area (Å²) in [4.78, 5) is 11.6. The number of amides is 1. The van der Waals surface area contributed by atoms with Gasteiger partial charge in [0.25, 0.3) is 0 Å². The van der Waals surface area contributed by atoms with Crippen LogP contribution in [-0.2, 0) is 14.6 Å². The van der Waals surface area contributed by atoms with E-state index in [2.05, 4.69) is 27.9 Å². The van der Waals surface area contributed by atoms with Crippen LogP contribution in [0.4, 0.5) is 0 Å². The summed E-state index contributed by atoms with van der Waals surface area (Å²) in [6.45, 7) is 3.40. The molecule has 1 N–H and O–H groups in total. The van der Waals surface area contributed by atoms with Crippen molar-refractivity contribution >= 4 is 38.3 Å². The van der Waals surface area contributed by atoms with Gasteiger partial charge in [0.1, 0.15) is 4.75 Å². The molecule has 90 valence electrons. The third-order valence-corrected chi connectivity index (χ3v) is 5.12. The van der Waals surface area contributed by atoms with E-state index in [-0.39, 0.29) is 0 Å². The topological polar surface area (TPSA) is 63.2 Å². The van der Waals surface area contributed by atoms with Crippen molar-refractivity contribution in [1.82, 2.24) is 5.32 Å². The van der Waals surface area contributed by atoms with Crippen LogP contribution >= 0.6 is 22.6 Å². The van der Waals surface area contributed by atoms with Crippen molar-refractivity contribution in [2.24, 2.45) is 0 Å². The Morgan fingerprint density at radius 1 is 1.33 bits per heavy atom. The molecular formula is C9H18INO3S. The van der Waals surface area contributed by atoms with Gasteiger partial charge in [-0.2, -0.15) is 0 Å². The van der Waals surface area contributed by atoms with E-state index >= 15 is 0 Å². The minimum Gasteiger partial charge on any atom is -0.355 e. The van der Waals surface area contributed by atoms with Crippen LogP contribution in [0.2, 0.25) is 0 Å². The molecule has 1 amide bonds. The van der Waals surface area contributed by atoms with E-state index in [1.807, 2.05) is 0 Å². The maximum atomic E-state index is 11.6. The first-order valence-electron chi connectivity index (χ1n) is 4.77. The lowest BCUT2D eigenvalue weighted by molar-refractivity contribution is -0.122. The van der Waals surface area contributed by atoms with E-state index in [0.29, 0.717) is 6.54 Å². The molecular weight excluding hydrogens is 329 g/mol. The number of nitrogens with one attached hydrogen (secondary N) is 1. The Labute approximate surface area is 105 Å². The van der Waals surface area contributed by atoms with Crippen LogP contribution in [0.15, 0.2) is 0 Å². The van der Waals surface area contributed by atoms with E-state index in [0.717, 1.165) is 23.5 Å². The number of carbonyl (C=O) groups excluding carboxylic acids is 1. The quantitative estimate of drug-likeness (QED) is 0.445. The molecule has 0 aliphatic rings. The van der Waals surface area contributed by atoms with Crippen molar-refractivity contribution in [2.75, 3.05) is 17.2 Å². The zero-order valence-electron chi connectivity index (χ0n) is 9.34. The minimum absolute atomic E-state index is 0.418. The van der Waals surface area contributed by atoms with E-state index in [1.165, 1.54) is 13.8 Å².